The van der Waals surface area contributed by atoms with Crippen LogP contribution in [-0.2, 0) is 5.88 Å². The highest BCUT2D eigenvalue weighted by Crippen LogP contribution is 2.14. The lowest BCUT2D eigenvalue weighted by atomic mass is 10.2. The summed E-state index contributed by atoms with van der Waals surface area (Å²) in [5.41, 5.74) is 2.17. The smallest absolute Gasteiger partial charge is 0.213 e. The van der Waals surface area contributed by atoms with Crippen molar-refractivity contribution in [1.82, 2.24) is 4.98 Å². The van der Waals surface area contributed by atoms with Crippen LogP contribution in [0.25, 0.3) is 0 Å². The van der Waals surface area contributed by atoms with E-state index in [0.29, 0.717) is 11.8 Å². The van der Waals surface area contributed by atoms with Crippen LogP contribution in [0, 0.1) is 6.92 Å². The molecule has 0 saturated carbocycles. The first-order valence-electron chi connectivity index (χ1n) is 3.33. The van der Waals surface area contributed by atoms with Crippen LogP contribution in [0.1, 0.15) is 11.1 Å². The maximum atomic E-state index is 5.65. The first-order chi connectivity index (χ1) is 5.27. The van der Waals surface area contributed by atoms with Crippen LogP contribution in [0.5, 0.6) is 5.88 Å². The number of hydrogen-bond donors (Lipinski definition) is 0. The van der Waals surface area contributed by atoms with Crippen LogP contribution in [-0.4, -0.2) is 12.1 Å². The monoisotopic (exact) mass is 171 g/mol. The number of aromatic nitrogens is 1. The average molecular weight is 172 g/mol. The molecular formula is C8H10ClNO. The van der Waals surface area contributed by atoms with Gasteiger partial charge in [0.1, 0.15) is 0 Å². The Morgan fingerprint density at radius 2 is 2.36 bits per heavy atom. The van der Waals surface area contributed by atoms with Gasteiger partial charge < -0.3 is 4.74 Å². The van der Waals surface area contributed by atoms with Crippen molar-refractivity contribution in [2.75, 3.05) is 7.11 Å². The molecular weight excluding hydrogens is 162 g/mol. The quantitative estimate of drug-likeness (QED) is 0.637. The summed E-state index contributed by atoms with van der Waals surface area (Å²) in [7, 11) is 1.60. The number of hydrogen-bond acceptors (Lipinski definition) is 2. The van der Waals surface area contributed by atoms with Crippen LogP contribution in [0.3, 0.4) is 0 Å². The molecule has 1 aromatic rings. The standard InChI is InChI=1S/C8H10ClNO/c1-6-3-8(11-2)10-5-7(6)4-9/h3,5H,4H2,1-2H3. The second-order valence-corrected chi connectivity index (χ2v) is 2.55. The van der Waals surface area contributed by atoms with E-state index in [1.165, 1.54) is 0 Å². The lowest BCUT2D eigenvalue weighted by Gasteiger charge is -2.02. The molecule has 0 atom stereocenters. The Bertz CT molecular complexity index is 250. The van der Waals surface area contributed by atoms with Gasteiger partial charge in [0.2, 0.25) is 5.88 Å². The fourth-order valence-corrected chi connectivity index (χ4v) is 1.09. The second-order valence-electron chi connectivity index (χ2n) is 2.29. The summed E-state index contributed by atoms with van der Waals surface area (Å²) < 4.78 is 4.94. The van der Waals surface area contributed by atoms with Crippen molar-refractivity contribution in [3.8, 4) is 5.88 Å². The Morgan fingerprint density at radius 1 is 1.64 bits per heavy atom. The van der Waals surface area contributed by atoms with Gasteiger partial charge in [0, 0.05) is 18.1 Å². The third kappa shape index (κ3) is 1.84. The Balaban J connectivity index is 2.99. The number of aryl methyl sites for hydroxylation is 1. The minimum absolute atomic E-state index is 0.503. The van der Waals surface area contributed by atoms with E-state index in [-0.39, 0.29) is 0 Å². The Labute approximate surface area is 71.2 Å². The minimum atomic E-state index is 0.503. The van der Waals surface area contributed by atoms with E-state index < -0.39 is 0 Å². The van der Waals surface area contributed by atoms with E-state index in [1.807, 2.05) is 13.0 Å². The van der Waals surface area contributed by atoms with E-state index in [9.17, 15) is 0 Å². The number of rotatable bonds is 2. The molecule has 0 spiro atoms. The number of nitrogens with zero attached hydrogens (tertiary/aromatic N) is 1. The predicted molar refractivity (Wildman–Crippen MR) is 45.1 cm³/mol. The van der Waals surface area contributed by atoms with Gasteiger partial charge in [-0.3, -0.25) is 0 Å². The summed E-state index contributed by atoms with van der Waals surface area (Å²) in [6.07, 6.45) is 1.74. The van der Waals surface area contributed by atoms with Crippen molar-refractivity contribution in [1.29, 1.82) is 0 Å². The third-order valence-electron chi connectivity index (χ3n) is 1.55. The highest BCUT2D eigenvalue weighted by Gasteiger charge is 1.98. The minimum Gasteiger partial charge on any atom is -0.481 e. The molecule has 1 aromatic heterocycles. The lowest BCUT2D eigenvalue weighted by Crippen LogP contribution is -1.91. The summed E-state index contributed by atoms with van der Waals surface area (Å²) in [6, 6.07) is 1.87. The highest BCUT2D eigenvalue weighted by atomic mass is 35.5. The van der Waals surface area contributed by atoms with Crippen molar-refractivity contribution in [3.05, 3.63) is 23.4 Å². The van der Waals surface area contributed by atoms with Crippen LogP contribution < -0.4 is 4.74 Å². The first kappa shape index (κ1) is 8.34. The van der Waals surface area contributed by atoms with Crippen molar-refractivity contribution < 1.29 is 4.74 Å². The van der Waals surface area contributed by atoms with Gasteiger partial charge in [-0.05, 0) is 18.1 Å². The highest BCUT2D eigenvalue weighted by molar-refractivity contribution is 6.17. The predicted octanol–water partition coefficient (Wildman–Crippen LogP) is 2.14. The Morgan fingerprint density at radius 3 is 2.82 bits per heavy atom. The van der Waals surface area contributed by atoms with Crippen molar-refractivity contribution in [3.63, 3.8) is 0 Å². The number of pyridine rings is 1. The summed E-state index contributed by atoms with van der Waals surface area (Å²) in [5.74, 6) is 1.14. The maximum absolute atomic E-state index is 5.65. The third-order valence-corrected chi connectivity index (χ3v) is 1.84. The van der Waals surface area contributed by atoms with Gasteiger partial charge in [0.25, 0.3) is 0 Å². The summed E-state index contributed by atoms with van der Waals surface area (Å²) in [4.78, 5) is 4.02. The molecule has 11 heavy (non-hydrogen) atoms. The largest absolute Gasteiger partial charge is 0.481 e. The molecule has 0 aliphatic carbocycles. The molecule has 1 rings (SSSR count). The molecule has 1 heterocycles. The average Bonchev–Trinajstić information content (AvgIpc) is 2.04. The number of halogens is 1. The van der Waals surface area contributed by atoms with Gasteiger partial charge >= 0.3 is 0 Å². The fraction of sp³-hybridized carbons (Fsp3) is 0.375. The Kier molecular flexibility index (Phi) is 2.71. The van der Waals surface area contributed by atoms with Crippen molar-refractivity contribution in [2.45, 2.75) is 12.8 Å². The molecule has 0 bridgehead atoms. The molecule has 0 fully saturated rings. The van der Waals surface area contributed by atoms with Crippen LogP contribution in [0.4, 0.5) is 0 Å². The van der Waals surface area contributed by atoms with Crippen molar-refractivity contribution in [2.24, 2.45) is 0 Å². The van der Waals surface area contributed by atoms with Gasteiger partial charge in [-0.25, -0.2) is 4.98 Å². The zero-order valence-corrected chi connectivity index (χ0v) is 7.35. The summed E-state index contributed by atoms with van der Waals surface area (Å²) in [5, 5.41) is 0. The maximum Gasteiger partial charge on any atom is 0.213 e. The van der Waals surface area contributed by atoms with Crippen LogP contribution in [0.2, 0.25) is 0 Å². The fourth-order valence-electron chi connectivity index (χ4n) is 0.810. The number of alkyl halides is 1. The van der Waals surface area contributed by atoms with Crippen LogP contribution >= 0.6 is 11.6 Å². The number of ether oxygens (including phenoxy) is 1. The SMILES string of the molecule is COc1cc(C)c(CCl)cn1. The summed E-state index contributed by atoms with van der Waals surface area (Å²) >= 11 is 5.65. The van der Waals surface area contributed by atoms with Gasteiger partial charge in [-0.2, -0.15) is 0 Å². The van der Waals surface area contributed by atoms with E-state index in [4.69, 9.17) is 16.3 Å². The molecule has 60 valence electrons. The van der Waals surface area contributed by atoms with Gasteiger partial charge in [0.05, 0.1) is 7.11 Å². The zero-order chi connectivity index (χ0) is 8.27. The molecule has 0 aliphatic rings. The molecule has 0 saturated heterocycles. The van der Waals surface area contributed by atoms with E-state index in [1.54, 1.807) is 13.3 Å². The second kappa shape index (κ2) is 3.58. The molecule has 0 N–H and O–H groups in total. The Hall–Kier alpha value is -0.760. The first-order valence-corrected chi connectivity index (χ1v) is 3.87. The van der Waals surface area contributed by atoms with Crippen molar-refractivity contribution >= 4 is 11.6 Å². The van der Waals surface area contributed by atoms with Gasteiger partial charge in [-0.15, -0.1) is 11.6 Å². The van der Waals surface area contributed by atoms with E-state index in [0.717, 1.165) is 11.1 Å². The van der Waals surface area contributed by atoms with Gasteiger partial charge in [0.15, 0.2) is 0 Å². The van der Waals surface area contributed by atoms with Crippen LogP contribution in [0.15, 0.2) is 12.3 Å². The topological polar surface area (TPSA) is 22.1 Å². The lowest BCUT2D eigenvalue weighted by molar-refractivity contribution is 0.397. The normalized spacial score (nSPS) is 9.73. The molecule has 0 radical (unpaired) electrons. The summed E-state index contributed by atoms with van der Waals surface area (Å²) in [6.45, 7) is 1.99. The molecule has 0 amide bonds. The van der Waals surface area contributed by atoms with E-state index in [2.05, 4.69) is 4.98 Å². The van der Waals surface area contributed by atoms with Gasteiger partial charge in [-0.1, -0.05) is 0 Å². The number of methoxy groups -OCH3 is 1. The molecule has 3 heteroatoms. The molecule has 0 unspecified atom stereocenters. The van der Waals surface area contributed by atoms with E-state index >= 15 is 0 Å². The molecule has 2 nitrogen and oxygen atoms in total. The zero-order valence-electron chi connectivity index (χ0n) is 6.60. The molecule has 0 aromatic carbocycles. The molecule has 0 aliphatic heterocycles.